The second-order valence-electron chi connectivity index (χ2n) is 5.12. The summed E-state index contributed by atoms with van der Waals surface area (Å²) in [5.74, 6) is -1.02. The molecule has 0 fully saturated rings. The predicted octanol–water partition coefficient (Wildman–Crippen LogP) is 5.22. The topological polar surface area (TPSA) is 37.3 Å². The maximum Gasteiger partial charge on any atom is 0.416 e. The highest BCUT2D eigenvalue weighted by atomic mass is 19.4. The van der Waals surface area contributed by atoms with Crippen molar-refractivity contribution < 1.29 is 23.1 Å². The van der Waals surface area contributed by atoms with E-state index >= 15 is 0 Å². The minimum absolute atomic E-state index is 0.169. The van der Waals surface area contributed by atoms with E-state index in [2.05, 4.69) is 0 Å². The molecule has 3 rings (SSSR count). The van der Waals surface area contributed by atoms with E-state index in [0.717, 1.165) is 28.5 Å². The van der Waals surface area contributed by atoms with Gasteiger partial charge in [0.15, 0.2) is 0 Å². The zero-order chi connectivity index (χ0) is 16.6. The van der Waals surface area contributed by atoms with Gasteiger partial charge in [-0.15, -0.1) is 0 Å². The quantitative estimate of drug-likeness (QED) is 0.703. The van der Waals surface area contributed by atoms with Crippen LogP contribution in [0.3, 0.4) is 0 Å². The van der Waals surface area contributed by atoms with Crippen LogP contribution in [0.2, 0.25) is 0 Å². The van der Waals surface area contributed by atoms with Crippen LogP contribution < -0.4 is 0 Å². The number of alkyl halides is 3. The van der Waals surface area contributed by atoms with Gasteiger partial charge in [0.2, 0.25) is 0 Å². The molecule has 0 unspecified atom stereocenters. The molecule has 0 bridgehead atoms. The summed E-state index contributed by atoms with van der Waals surface area (Å²) in [5.41, 5.74) is 0.872. The molecule has 23 heavy (non-hydrogen) atoms. The Balaban J connectivity index is 2.11. The van der Waals surface area contributed by atoms with Gasteiger partial charge in [0.1, 0.15) is 0 Å². The first-order valence-corrected chi connectivity index (χ1v) is 6.80. The molecular weight excluding hydrogens is 305 g/mol. The lowest BCUT2D eigenvalue weighted by Crippen LogP contribution is -2.04. The Morgan fingerprint density at radius 2 is 1.61 bits per heavy atom. The van der Waals surface area contributed by atoms with Crippen molar-refractivity contribution in [2.45, 2.75) is 6.18 Å². The van der Waals surface area contributed by atoms with Crippen LogP contribution in [0.4, 0.5) is 13.2 Å². The molecule has 116 valence electrons. The second-order valence-corrected chi connectivity index (χ2v) is 5.12. The number of hydrogen-bond donors (Lipinski definition) is 1. The summed E-state index contributed by atoms with van der Waals surface area (Å²) in [6.45, 7) is 0. The number of carboxylic acid groups (broad SMARTS) is 1. The van der Waals surface area contributed by atoms with E-state index in [4.69, 9.17) is 5.11 Å². The van der Waals surface area contributed by atoms with Crippen molar-refractivity contribution in [3.05, 3.63) is 71.8 Å². The highest BCUT2D eigenvalue weighted by Crippen LogP contribution is 2.33. The molecule has 3 aromatic rings. The summed E-state index contributed by atoms with van der Waals surface area (Å²) >= 11 is 0. The van der Waals surface area contributed by atoms with Crippen molar-refractivity contribution >= 4 is 16.7 Å². The van der Waals surface area contributed by atoms with E-state index in [0.29, 0.717) is 5.56 Å². The fourth-order valence-electron chi connectivity index (χ4n) is 2.51. The van der Waals surface area contributed by atoms with Crippen molar-refractivity contribution in [2.24, 2.45) is 0 Å². The van der Waals surface area contributed by atoms with Gasteiger partial charge in [-0.2, -0.15) is 13.2 Å². The van der Waals surface area contributed by atoms with Crippen LogP contribution in [0.1, 0.15) is 15.9 Å². The summed E-state index contributed by atoms with van der Waals surface area (Å²) in [6.07, 6.45) is -4.37. The van der Waals surface area contributed by atoms with Gasteiger partial charge in [-0.3, -0.25) is 0 Å². The average molecular weight is 316 g/mol. The van der Waals surface area contributed by atoms with Gasteiger partial charge < -0.3 is 5.11 Å². The van der Waals surface area contributed by atoms with Crippen LogP contribution in [-0.4, -0.2) is 11.1 Å². The molecule has 0 saturated carbocycles. The Kier molecular flexibility index (Phi) is 3.56. The van der Waals surface area contributed by atoms with Crippen molar-refractivity contribution in [3.8, 4) is 11.1 Å². The molecule has 5 heteroatoms. The molecule has 1 N–H and O–H groups in total. The van der Waals surface area contributed by atoms with E-state index in [1.807, 2.05) is 0 Å². The van der Waals surface area contributed by atoms with Gasteiger partial charge in [-0.1, -0.05) is 36.4 Å². The third-order valence-electron chi connectivity index (χ3n) is 3.65. The number of carboxylic acids is 1. The molecule has 0 atom stereocenters. The third kappa shape index (κ3) is 2.90. The van der Waals surface area contributed by atoms with Crippen LogP contribution in [0.15, 0.2) is 60.7 Å². The van der Waals surface area contributed by atoms with E-state index in [1.165, 1.54) is 18.2 Å². The van der Waals surface area contributed by atoms with Gasteiger partial charge in [0.25, 0.3) is 0 Å². The maximum atomic E-state index is 12.6. The molecule has 0 radical (unpaired) electrons. The molecule has 0 spiro atoms. The highest BCUT2D eigenvalue weighted by molar-refractivity contribution is 6.00. The normalized spacial score (nSPS) is 11.6. The van der Waals surface area contributed by atoms with Crippen LogP contribution in [0, 0.1) is 0 Å². The Bertz CT molecular complexity index is 881. The number of benzene rings is 3. The van der Waals surface area contributed by atoms with Gasteiger partial charge >= 0.3 is 12.1 Å². The van der Waals surface area contributed by atoms with Crippen LogP contribution >= 0.6 is 0 Å². The minimum atomic E-state index is -4.37. The Morgan fingerprint density at radius 1 is 0.913 bits per heavy atom. The summed E-state index contributed by atoms with van der Waals surface area (Å²) in [6, 6.07) is 14.9. The van der Waals surface area contributed by atoms with E-state index < -0.39 is 17.7 Å². The third-order valence-corrected chi connectivity index (χ3v) is 3.65. The molecule has 0 aliphatic heterocycles. The molecule has 0 aliphatic rings. The number of carbonyl (C=O) groups is 1. The van der Waals surface area contributed by atoms with Gasteiger partial charge in [0.05, 0.1) is 11.1 Å². The molecule has 0 heterocycles. The molecule has 0 saturated heterocycles. The summed E-state index contributed by atoms with van der Waals surface area (Å²) < 4.78 is 37.9. The number of rotatable bonds is 2. The largest absolute Gasteiger partial charge is 0.478 e. The fraction of sp³-hybridized carbons (Fsp3) is 0.0556. The zero-order valence-corrected chi connectivity index (χ0v) is 11.8. The van der Waals surface area contributed by atoms with E-state index in [-0.39, 0.29) is 5.56 Å². The average Bonchev–Trinajstić information content (AvgIpc) is 2.53. The first kappa shape index (κ1) is 15.1. The maximum absolute atomic E-state index is 12.6. The lowest BCUT2D eigenvalue weighted by molar-refractivity contribution is -0.137. The van der Waals surface area contributed by atoms with Gasteiger partial charge in [-0.05, 0) is 46.2 Å². The summed E-state index contributed by atoms with van der Waals surface area (Å²) in [7, 11) is 0. The highest BCUT2D eigenvalue weighted by Gasteiger charge is 2.30. The SMILES string of the molecule is O=C(O)c1ccc2c(-c3ccc(C(F)(F)F)cc3)cccc2c1. The number of fused-ring (bicyclic) bond motifs is 1. The Hall–Kier alpha value is -2.82. The van der Waals surface area contributed by atoms with Gasteiger partial charge in [0, 0.05) is 0 Å². The number of aromatic carboxylic acids is 1. The fourth-order valence-corrected chi connectivity index (χ4v) is 2.51. The predicted molar refractivity (Wildman–Crippen MR) is 81.3 cm³/mol. The van der Waals surface area contributed by atoms with Crippen LogP contribution in [0.5, 0.6) is 0 Å². The first-order valence-electron chi connectivity index (χ1n) is 6.80. The number of hydrogen-bond acceptors (Lipinski definition) is 1. The van der Waals surface area contributed by atoms with Crippen LogP contribution in [0.25, 0.3) is 21.9 Å². The van der Waals surface area contributed by atoms with Crippen molar-refractivity contribution in [3.63, 3.8) is 0 Å². The molecule has 2 nitrogen and oxygen atoms in total. The Labute approximate surface area is 129 Å². The lowest BCUT2D eigenvalue weighted by atomic mass is 9.96. The van der Waals surface area contributed by atoms with Gasteiger partial charge in [-0.25, -0.2) is 4.79 Å². The molecule has 0 aliphatic carbocycles. The second kappa shape index (κ2) is 5.43. The standard InChI is InChI=1S/C18H11F3O2/c19-18(20,21)14-7-4-11(5-8-14)15-3-1-2-12-10-13(17(22)23)6-9-16(12)15/h1-10H,(H,22,23). The summed E-state index contributed by atoms with van der Waals surface area (Å²) in [4.78, 5) is 11.0. The number of halogens is 3. The molecule has 3 aromatic carbocycles. The van der Waals surface area contributed by atoms with Crippen molar-refractivity contribution in [2.75, 3.05) is 0 Å². The Morgan fingerprint density at radius 3 is 2.22 bits per heavy atom. The van der Waals surface area contributed by atoms with E-state index in [1.54, 1.807) is 30.3 Å². The lowest BCUT2D eigenvalue weighted by Gasteiger charge is -2.10. The summed E-state index contributed by atoms with van der Waals surface area (Å²) in [5, 5.41) is 10.5. The van der Waals surface area contributed by atoms with Crippen LogP contribution in [-0.2, 0) is 6.18 Å². The van der Waals surface area contributed by atoms with E-state index in [9.17, 15) is 18.0 Å². The minimum Gasteiger partial charge on any atom is -0.478 e. The van der Waals surface area contributed by atoms with Crippen molar-refractivity contribution in [1.82, 2.24) is 0 Å². The molecule has 0 aromatic heterocycles. The zero-order valence-electron chi connectivity index (χ0n) is 11.8. The molecular formula is C18H11F3O2. The smallest absolute Gasteiger partial charge is 0.416 e. The first-order chi connectivity index (χ1) is 10.9. The van der Waals surface area contributed by atoms with Crippen molar-refractivity contribution in [1.29, 1.82) is 0 Å². The molecule has 0 amide bonds. The monoisotopic (exact) mass is 316 g/mol.